The van der Waals surface area contributed by atoms with Crippen LogP contribution in [-0.4, -0.2) is 42.4 Å². The van der Waals surface area contributed by atoms with E-state index in [9.17, 15) is 23.1 Å². The SMILES string of the molecule is Cc1cc2c(N3CCn4c(nnc4C(F)(F)F)C3)nc(Oc3cccc(C(=O)O)c3)nc2s1. The van der Waals surface area contributed by atoms with Gasteiger partial charge in [-0.05, 0) is 31.2 Å². The molecule has 0 radical (unpaired) electrons. The van der Waals surface area contributed by atoms with Crippen molar-refractivity contribution >= 4 is 33.3 Å². The first-order valence-electron chi connectivity index (χ1n) is 9.72. The van der Waals surface area contributed by atoms with Gasteiger partial charge in [-0.3, -0.25) is 0 Å². The van der Waals surface area contributed by atoms with Gasteiger partial charge in [0.25, 0.3) is 0 Å². The fraction of sp³-hybridized carbons (Fsp3) is 0.250. The number of ether oxygens (including phenoxy) is 1. The van der Waals surface area contributed by atoms with Crippen LogP contribution in [0.2, 0.25) is 0 Å². The first-order valence-corrected chi connectivity index (χ1v) is 10.5. The standard InChI is InChI=1S/C20H15F3N6O3S/c1-10-7-13-15(28-5-6-29-14(9-28)26-27-18(29)20(21,22)23)24-19(25-16(13)33-10)32-12-4-2-3-11(8-12)17(30)31/h2-4,7-8H,5-6,9H2,1H3,(H,30,31). The highest BCUT2D eigenvalue weighted by Crippen LogP contribution is 2.36. The van der Waals surface area contributed by atoms with E-state index in [0.717, 1.165) is 14.8 Å². The van der Waals surface area contributed by atoms with Crippen LogP contribution in [0.1, 0.15) is 26.9 Å². The Morgan fingerprint density at radius 2 is 2.00 bits per heavy atom. The van der Waals surface area contributed by atoms with Crippen LogP contribution < -0.4 is 9.64 Å². The molecule has 0 saturated heterocycles. The Balaban J connectivity index is 1.51. The fourth-order valence-corrected chi connectivity index (χ4v) is 4.51. The van der Waals surface area contributed by atoms with Gasteiger partial charge in [0, 0.05) is 18.0 Å². The van der Waals surface area contributed by atoms with Gasteiger partial charge in [0.05, 0.1) is 17.5 Å². The lowest BCUT2D eigenvalue weighted by Gasteiger charge is -2.29. The minimum Gasteiger partial charge on any atom is -0.478 e. The van der Waals surface area contributed by atoms with E-state index < -0.39 is 18.0 Å². The van der Waals surface area contributed by atoms with Crippen molar-refractivity contribution in [2.24, 2.45) is 0 Å². The Hall–Kier alpha value is -3.74. The summed E-state index contributed by atoms with van der Waals surface area (Å²) in [6.45, 7) is 2.29. The fourth-order valence-electron chi connectivity index (χ4n) is 3.64. The third-order valence-electron chi connectivity index (χ3n) is 5.07. The molecule has 4 aromatic rings. The van der Waals surface area contributed by atoms with Crippen LogP contribution in [0.25, 0.3) is 10.2 Å². The van der Waals surface area contributed by atoms with Crippen molar-refractivity contribution < 1.29 is 27.8 Å². The van der Waals surface area contributed by atoms with Crippen LogP contribution in [0, 0.1) is 6.92 Å². The summed E-state index contributed by atoms with van der Waals surface area (Å²) in [6.07, 6.45) is -4.58. The van der Waals surface area contributed by atoms with Crippen LogP contribution >= 0.6 is 11.3 Å². The normalized spacial score (nSPS) is 13.9. The lowest BCUT2D eigenvalue weighted by atomic mass is 10.2. The molecule has 170 valence electrons. The Bertz CT molecular complexity index is 1380. The maximum atomic E-state index is 13.2. The summed E-state index contributed by atoms with van der Waals surface area (Å²) in [5.74, 6) is -1.18. The smallest absolute Gasteiger partial charge is 0.451 e. The van der Waals surface area contributed by atoms with Crippen molar-refractivity contribution in [3.63, 3.8) is 0 Å². The zero-order valence-electron chi connectivity index (χ0n) is 17.0. The molecule has 1 aromatic carbocycles. The second-order valence-electron chi connectivity index (χ2n) is 7.35. The van der Waals surface area contributed by atoms with E-state index in [0.29, 0.717) is 10.6 Å². The van der Waals surface area contributed by atoms with Crippen LogP contribution in [0.15, 0.2) is 30.3 Å². The first-order chi connectivity index (χ1) is 15.7. The highest BCUT2D eigenvalue weighted by atomic mass is 32.1. The molecular formula is C20H15F3N6O3S. The zero-order chi connectivity index (χ0) is 23.3. The Kier molecular flexibility index (Phi) is 4.92. The minimum absolute atomic E-state index is 0.00455. The predicted molar refractivity (Wildman–Crippen MR) is 112 cm³/mol. The molecule has 0 spiro atoms. The number of carbonyl (C=O) groups is 1. The zero-order valence-corrected chi connectivity index (χ0v) is 17.8. The van der Waals surface area contributed by atoms with E-state index in [1.807, 2.05) is 13.0 Å². The lowest BCUT2D eigenvalue weighted by molar-refractivity contribution is -0.147. The van der Waals surface area contributed by atoms with Gasteiger partial charge in [0.1, 0.15) is 16.4 Å². The van der Waals surface area contributed by atoms with Crippen molar-refractivity contribution in [3.8, 4) is 11.8 Å². The van der Waals surface area contributed by atoms with Gasteiger partial charge < -0.3 is 19.3 Å². The molecule has 0 aliphatic carbocycles. The highest BCUT2D eigenvalue weighted by Gasteiger charge is 2.39. The number of benzene rings is 1. The van der Waals surface area contributed by atoms with Crippen molar-refractivity contribution in [1.82, 2.24) is 24.7 Å². The molecule has 0 bridgehead atoms. The maximum absolute atomic E-state index is 13.2. The number of aromatic nitrogens is 5. The number of aryl methyl sites for hydroxylation is 1. The van der Waals surface area contributed by atoms with Gasteiger partial charge in [-0.1, -0.05) is 6.07 Å². The molecule has 1 N–H and O–H groups in total. The monoisotopic (exact) mass is 476 g/mol. The largest absolute Gasteiger partial charge is 0.478 e. The Labute approximate surface area is 188 Å². The molecule has 13 heteroatoms. The number of carboxylic acid groups (broad SMARTS) is 1. The van der Waals surface area contributed by atoms with Gasteiger partial charge in [0.15, 0.2) is 5.82 Å². The van der Waals surface area contributed by atoms with Gasteiger partial charge in [0.2, 0.25) is 5.82 Å². The lowest BCUT2D eigenvalue weighted by Crippen LogP contribution is -2.36. The molecular weight excluding hydrogens is 461 g/mol. The molecule has 33 heavy (non-hydrogen) atoms. The third-order valence-corrected chi connectivity index (χ3v) is 6.02. The van der Waals surface area contributed by atoms with Crippen LogP contribution in [0.5, 0.6) is 11.8 Å². The molecule has 0 unspecified atom stereocenters. The summed E-state index contributed by atoms with van der Waals surface area (Å²) in [6, 6.07) is 7.84. The summed E-state index contributed by atoms with van der Waals surface area (Å²) < 4.78 is 46.3. The molecule has 4 heterocycles. The number of alkyl halides is 3. The molecule has 0 atom stereocenters. The van der Waals surface area contributed by atoms with E-state index in [1.54, 1.807) is 17.0 Å². The molecule has 9 nitrogen and oxygen atoms in total. The third kappa shape index (κ3) is 3.95. The number of anilines is 1. The number of halogens is 3. The number of fused-ring (bicyclic) bond motifs is 2. The number of hydrogen-bond donors (Lipinski definition) is 1. The Morgan fingerprint density at radius 1 is 1.18 bits per heavy atom. The number of hydrogen-bond acceptors (Lipinski definition) is 8. The van der Waals surface area contributed by atoms with E-state index >= 15 is 0 Å². The summed E-state index contributed by atoms with van der Waals surface area (Å²) in [4.78, 5) is 23.6. The topological polar surface area (TPSA) is 106 Å². The molecule has 1 aliphatic rings. The molecule has 0 saturated carbocycles. The molecule has 3 aromatic heterocycles. The highest BCUT2D eigenvalue weighted by molar-refractivity contribution is 7.18. The molecule has 0 fully saturated rings. The minimum atomic E-state index is -4.58. The summed E-state index contributed by atoms with van der Waals surface area (Å²) in [5.41, 5.74) is 0.0524. The van der Waals surface area contributed by atoms with E-state index in [-0.39, 0.29) is 42.8 Å². The van der Waals surface area contributed by atoms with Crippen molar-refractivity contribution in [2.75, 3.05) is 11.4 Å². The van der Waals surface area contributed by atoms with E-state index in [2.05, 4.69) is 20.2 Å². The van der Waals surface area contributed by atoms with Crippen molar-refractivity contribution in [2.45, 2.75) is 26.2 Å². The summed E-state index contributed by atoms with van der Waals surface area (Å²) in [5, 5.41) is 17.0. The molecule has 0 amide bonds. The Morgan fingerprint density at radius 3 is 2.76 bits per heavy atom. The van der Waals surface area contributed by atoms with Gasteiger partial charge in [-0.2, -0.15) is 23.1 Å². The van der Waals surface area contributed by atoms with E-state index in [1.165, 1.54) is 23.5 Å². The number of rotatable bonds is 4. The first kappa shape index (κ1) is 21.1. The van der Waals surface area contributed by atoms with Gasteiger partial charge in [-0.15, -0.1) is 21.5 Å². The number of carboxylic acids is 1. The number of nitrogens with zero attached hydrogens (tertiary/aromatic N) is 6. The summed E-state index contributed by atoms with van der Waals surface area (Å²) >= 11 is 1.42. The number of aromatic carboxylic acids is 1. The molecule has 5 rings (SSSR count). The predicted octanol–water partition coefficient (Wildman–Crippen LogP) is 4.12. The average molecular weight is 476 g/mol. The second-order valence-corrected chi connectivity index (χ2v) is 8.59. The van der Waals surface area contributed by atoms with E-state index in [4.69, 9.17) is 4.74 Å². The number of thiophene rings is 1. The van der Waals surface area contributed by atoms with Crippen LogP contribution in [0.3, 0.4) is 0 Å². The summed E-state index contributed by atoms with van der Waals surface area (Å²) in [7, 11) is 0. The van der Waals surface area contributed by atoms with Crippen LogP contribution in [-0.2, 0) is 19.3 Å². The average Bonchev–Trinajstić information content (AvgIpc) is 3.35. The van der Waals surface area contributed by atoms with Crippen molar-refractivity contribution in [3.05, 3.63) is 52.4 Å². The van der Waals surface area contributed by atoms with Gasteiger partial charge in [-0.25, -0.2) is 4.79 Å². The second kappa shape index (κ2) is 7.69. The molecule has 1 aliphatic heterocycles. The van der Waals surface area contributed by atoms with Gasteiger partial charge >= 0.3 is 18.2 Å². The quantitative estimate of drug-likeness (QED) is 0.469. The van der Waals surface area contributed by atoms with Crippen molar-refractivity contribution in [1.29, 1.82) is 0 Å². The maximum Gasteiger partial charge on any atom is 0.451 e. The van der Waals surface area contributed by atoms with Crippen LogP contribution in [0.4, 0.5) is 19.0 Å².